The largest absolute Gasteiger partial charge is 0.429 e. The van der Waals surface area contributed by atoms with E-state index in [2.05, 4.69) is 64.2 Å². The molecule has 17 heteroatoms. The lowest BCUT2D eigenvalue weighted by molar-refractivity contribution is -0.120. The second kappa shape index (κ2) is 25.2. The van der Waals surface area contributed by atoms with Crippen molar-refractivity contribution in [2.24, 2.45) is 23.3 Å². The lowest BCUT2D eigenvalue weighted by atomic mass is 10.1. The van der Waals surface area contributed by atoms with E-state index in [1.807, 2.05) is 77.1 Å². The predicted octanol–water partition coefficient (Wildman–Crippen LogP) is 6.16. The van der Waals surface area contributed by atoms with E-state index in [1.54, 1.807) is 54.4 Å². The van der Waals surface area contributed by atoms with Gasteiger partial charge in [-0.3, -0.25) is 24.1 Å². The van der Waals surface area contributed by atoms with E-state index in [0.29, 0.717) is 59.4 Å². The van der Waals surface area contributed by atoms with Crippen LogP contribution < -0.4 is 46.4 Å². The van der Waals surface area contributed by atoms with E-state index >= 15 is 0 Å². The number of ether oxygens (including phenoxy) is 1. The van der Waals surface area contributed by atoms with Gasteiger partial charge in [0, 0.05) is 70.2 Å². The number of hydrogen-bond donors (Lipinski definition) is 4. The lowest BCUT2D eigenvalue weighted by Gasteiger charge is -2.35. The summed E-state index contributed by atoms with van der Waals surface area (Å²) in [4.78, 5) is 63.8. The third-order valence-corrected chi connectivity index (χ3v) is 12.0. The predicted molar refractivity (Wildman–Crippen MR) is 268 cm³/mol. The van der Waals surface area contributed by atoms with Crippen molar-refractivity contribution in [2.45, 2.75) is 105 Å². The number of nitrogens with zero attached hydrogens (tertiary/aromatic N) is 8. The van der Waals surface area contributed by atoms with E-state index in [0.717, 1.165) is 80.4 Å². The third-order valence-electron chi connectivity index (χ3n) is 12.0. The first kappa shape index (κ1) is 51.9. The summed E-state index contributed by atoms with van der Waals surface area (Å²) in [5.74, 6) is 3.00. The highest BCUT2D eigenvalue weighted by Crippen LogP contribution is 2.40. The molecule has 364 valence electrons. The fourth-order valence-electron chi connectivity index (χ4n) is 7.81. The molecule has 6 aliphatic rings. The Balaban J connectivity index is 0.000000169. The van der Waals surface area contributed by atoms with Gasteiger partial charge in [0.1, 0.15) is 17.1 Å². The van der Waals surface area contributed by atoms with Crippen molar-refractivity contribution in [2.75, 3.05) is 52.8 Å². The number of nitrogens with two attached hydrogens (primary N) is 2. The second-order valence-electron chi connectivity index (χ2n) is 17.5. The number of anilines is 4. The first-order chi connectivity index (χ1) is 32.8. The van der Waals surface area contributed by atoms with Gasteiger partial charge in [-0.2, -0.15) is 10.2 Å². The molecule has 68 heavy (non-hydrogen) atoms. The standard InChI is InChI=1S/C15H18N4O2.C15H20N4O.C7H14N2.C7H6O2.C5H6N2.C2H6/c1-9(20)19-11-6-7-18(8-11)13-5-4-12(17-14(13)19)15(21)16-10-2-3-10;1-9-7-12(9)17-15(20)11-3-4-13-14(16-11)18(2)10-5-6-19(13)8-10;1-6(2)7(9)4-3-5-8;8-6-9-7-4-2-1-3-5-7;1-5-3-2-4-6-7-5;1-2/h4-5,10-11H,2-3,6-8H2,1H3,(H,16,21);3-4,9-10,12H,5-8H2,1-2H3,(H,17,20);3-6H,8-9H2,1-2H3;1-6H;2-4H,1H3;1-2H3/b;;5-3-,7-4-;;;. The Hall–Kier alpha value is -7.04. The number of carbonyl (C=O) groups is 4. The van der Waals surface area contributed by atoms with E-state index in [4.69, 9.17) is 11.5 Å². The maximum Gasteiger partial charge on any atom is 0.298 e. The molecule has 4 unspecified atom stereocenters. The van der Waals surface area contributed by atoms with Gasteiger partial charge >= 0.3 is 0 Å². The monoisotopic (exact) mass is 931 g/mol. The Morgan fingerprint density at radius 2 is 1.41 bits per heavy atom. The van der Waals surface area contributed by atoms with Crippen LogP contribution in [-0.4, -0.2) is 102 Å². The van der Waals surface area contributed by atoms with Crippen LogP contribution in [0.4, 0.5) is 23.0 Å². The highest BCUT2D eigenvalue weighted by atomic mass is 16.5. The van der Waals surface area contributed by atoms with Crippen LogP contribution in [0.2, 0.25) is 0 Å². The van der Waals surface area contributed by atoms with Crippen molar-refractivity contribution in [1.29, 1.82) is 0 Å². The maximum absolute atomic E-state index is 12.2. The van der Waals surface area contributed by atoms with Gasteiger partial charge in [0.05, 0.1) is 23.1 Å². The molecule has 1 aromatic carbocycles. The molecule has 6 N–H and O–H groups in total. The van der Waals surface area contributed by atoms with E-state index in [-0.39, 0.29) is 23.8 Å². The van der Waals surface area contributed by atoms with E-state index in [9.17, 15) is 19.2 Å². The number of allylic oxidation sites excluding steroid dienone is 3. The molecule has 2 aliphatic carbocycles. The number of nitrogens with one attached hydrogen (secondary N) is 2. The van der Waals surface area contributed by atoms with Crippen molar-refractivity contribution in [3.8, 4) is 5.75 Å². The van der Waals surface area contributed by atoms with E-state index in [1.165, 1.54) is 12.6 Å². The quantitative estimate of drug-likeness (QED) is 0.115. The minimum atomic E-state index is -0.142. The van der Waals surface area contributed by atoms with Crippen LogP contribution in [0.3, 0.4) is 0 Å². The number of para-hydroxylation sites is 1. The van der Waals surface area contributed by atoms with Crippen molar-refractivity contribution in [3.63, 3.8) is 0 Å². The second-order valence-corrected chi connectivity index (χ2v) is 17.5. The molecule has 7 heterocycles. The number of benzene rings is 1. The number of likely N-dealkylation sites (N-methyl/N-ethyl adjacent to an activating group) is 1. The molecular formula is C51H70N12O5. The molecule has 3 amide bonds. The topological polar surface area (TPSA) is 218 Å². The van der Waals surface area contributed by atoms with Gasteiger partial charge in [-0.05, 0) is 118 Å². The summed E-state index contributed by atoms with van der Waals surface area (Å²) in [5.41, 5.74) is 15.5. The number of pyridine rings is 2. The Morgan fingerprint density at radius 3 is 1.93 bits per heavy atom. The third kappa shape index (κ3) is 14.5. The summed E-state index contributed by atoms with van der Waals surface area (Å²) in [6.45, 7) is 18.1. The van der Waals surface area contributed by atoms with Gasteiger partial charge in [0.25, 0.3) is 18.3 Å². The summed E-state index contributed by atoms with van der Waals surface area (Å²) in [6.07, 6.45) is 12.0. The zero-order chi connectivity index (χ0) is 49.3. The number of amides is 3. The van der Waals surface area contributed by atoms with Crippen LogP contribution in [0.25, 0.3) is 0 Å². The van der Waals surface area contributed by atoms with Gasteiger partial charge < -0.3 is 41.5 Å². The Labute approximate surface area is 401 Å². The fraction of sp³-hybridized carbons (Fsp3) is 0.451. The summed E-state index contributed by atoms with van der Waals surface area (Å²) in [6, 6.07) is 21.6. The van der Waals surface area contributed by atoms with Crippen molar-refractivity contribution in [1.82, 2.24) is 30.8 Å². The Bertz CT molecular complexity index is 2340. The first-order valence-corrected chi connectivity index (χ1v) is 23.7. The first-order valence-electron chi connectivity index (χ1n) is 23.7. The fourth-order valence-corrected chi connectivity index (χ4v) is 7.81. The van der Waals surface area contributed by atoms with Gasteiger partial charge in [-0.15, -0.1) is 0 Å². The molecule has 10 rings (SSSR count). The zero-order valence-electron chi connectivity index (χ0n) is 40.8. The summed E-state index contributed by atoms with van der Waals surface area (Å²) in [5, 5.41) is 13.4. The van der Waals surface area contributed by atoms with Crippen molar-refractivity contribution < 1.29 is 23.9 Å². The molecule has 4 aliphatic heterocycles. The molecule has 4 bridgehead atoms. The number of rotatable bonds is 8. The highest BCUT2D eigenvalue weighted by molar-refractivity contribution is 5.99. The average Bonchev–Trinajstić information content (AvgIpc) is 4.20. The zero-order valence-corrected chi connectivity index (χ0v) is 40.8. The van der Waals surface area contributed by atoms with Gasteiger partial charge in [-0.1, -0.05) is 52.8 Å². The van der Waals surface area contributed by atoms with Crippen LogP contribution in [-0.2, 0) is 9.59 Å². The van der Waals surface area contributed by atoms with Crippen molar-refractivity contribution >= 4 is 47.2 Å². The number of fused-ring (bicyclic) bond motifs is 8. The minimum Gasteiger partial charge on any atom is -0.429 e. The minimum absolute atomic E-state index is 0.00458. The number of aromatic nitrogens is 4. The molecule has 17 nitrogen and oxygen atoms in total. The number of carbonyl (C=O) groups excluding carboxylic acids is 4. The maximum atomic E-state index is 12.2. The van der Waals surface area contributed by atoms with Gasteiger partial charge in [-0.25, -0.2) is 9.97 Å². The molecule has 2 saturated carbocycles. The summed E-state index contributed by atoms with van der Waals surface area (Å²) < 4.78 is 4.53. The summed E-state index contributed by atoms with van der Waals surface area (Å²) in [7, 11) is 2.09. The number of hydrogen-bond acceptors (Lipinski definition) is 14. The summed E-state index contributed by atoms with van der Waals surface area (Å²) >= 11 is 0. The molecule has 4 atom stereocenters. The molecular weight excluding hydrogens is 861 g/mol. The van der Waals surface area contributed by atoms with Crippen LogP contribution >= 0.6 is 0 Å². The van der Waals surface area contributed by atoms with Gasteiger partial charge in [0.2, 0.25) is 5.91 Å². The van der Waals surface area contributed by atoms with E-state index < -0.39 is 0 Å². The normalized spacial score (nSPS) is 19.9. The van der Waals surface area contributed by atoms with Crippen LogP contribution in [0.1, 0.15) is 100 Å². The molecule has 4 fully saturated rings. The van der Waals surface area contributed by atoms with Crippen LogP contribution in [0.5, 0.6) is 5.75 Å². The molecule has 0 spiro atoms. The molecule has 4 aromatic rings. The molecule has 2 saturated heterocycles. The average molecular weight is 931 g/mol. The van der Waals surface area contributed by atoms with Crippen LogP contribution in [0.15, 0.2) is 97.0 Å². The SMILES string of the molecule is CC.CC(=O)N1c2nc(C(=O)NC3CC3)ccc2N2CCC1C2.CC(C)/C(N)=C/C=C\N.CC1CC1NC(=O)c1ccc2c(n1)N(C)C1CCN2C1.Cc1cccnn1.O=COc1ccccc1. The van der Waals surface area contributed by atoms with Gasteiger partial charge in [0.15, 0.2) is 11.6 Å². The Kier molecular flexibility index (Phi) is 19.2. The number of aryl methyl sites for hydroxylation is 1. The smallest absolute Gasteiger partial charge is 0.298 e. The Morgan fingerprint density at radius 1 is 0.824 bits per heavy atom. The van der Waals surface area contributed by atoms with Crippen molar-refractivity contribution in [3.05, 3.63) is 114 Å². The lowest BCUT2D eigenvalue weighted by Crippen LogP contribution is -2.45. The molecule has 0 radical (unpaired) electrons. The molecule has 3 aromatic heterocycles. The van der Waals surface area contributed by atoms with Crippen LogP contribution in [0, 0.1) is 18.8 Å². The highest BCUT2D eigenvalue weighted by Gasteiger charge is 2.40.